The van der Waals surface area contributed by atoms with Crippen molar-refractivity contribution in [2.45, 2.75) is 49.6 Å². The highest BCUT2D eigenvalue weighted by Crippen LogP contribution is 2.46. The average molecular weight is 557 g/mol. The quantitative estimate of drug-likeness (QED) is 0.247. The Morgan fingerprint density at radius 1 is 1.34 bits per heavy atom. The molecule has 1 aromatic heterocycles. The fourth-order valence-corrected chi connectivity index (χ4v) is 4.85. The van der Waals surface area contributed by atoms with Crippen LogP contribution >= 0.6 is 39.3 Å². The van der Waals surface area contributed by atoms with Gasteiger partial charge in [0.25, 0.3) is 6.43 Å². The summed E-state index contributed by atoms with van der Waals surface area (Å²) in [5.74, 6) is -0.334. The molecule has 12 heteroatoms. The molecule has 3 heterocycles. The molecule has 0 bridgehead atoms. The highest BCUT2D eigenvalue weighted by atomic mass is 79.9. The maximum Gasteiger partial charge on any atom is 0.255 e. The SMILES string of the molecule is CSc1nc2c3c(c(Cl)c(Br)c(F)c3n1)OCC(CCOC1CCCCO1)N2CC(F)F. The average Bonchev–Trinajstić information content (AvgIpc) is 2.94. The molecule has 2 aliphatic heterocycles. The number of benzene rings is 1. The molecule has 1 saturated heterocycles. The van der Waals surface area contributed by atoms with Crippen LogP contribution in [0, 0.1) is 5.82 Å². The fraction of sp³-hybridized carbons (Fsp3) is 0.600. The third-order valence-electron chi connectivity index (χ3n) is 5.43. The van der Waals surface area contributed by atoms with Gasteiger partial charge < -0.3 is 19.1 Å². The van der Waals surface area contributed by atoms with Crippen molar-refractivity contribution in [2.24, 2.45) is 0 Å². The van der Waals surface area contributed by atoms with Gasteiger partial charge in [-0.2, -0.15) is 0 Å². The largest absolute Gasteiger partial charge is 0.489 e. The van der Waals surface area contributed by atoms with Gasteiger partial charge in [0.2, 0.25) is 0 Å². The Morgan fingerprint density at radius 2 is 2.16 bits per heavy atom. The maximum absolute atomic E-state index is 15.0. The fourth-order valence-electron chi connectivity index (χ4n) is 3.89. The predicted molar refractivity (Wildman–Crippen MR) is 121 cm³/mol. The first-order valence-corrected chi connectivity index (χ1v) is 12.6. The van der Waals surface area contributed by atoms with Crippen LogP contribution in [0.25, 0.3) is 10.9 Å². The smallest absolute Gasteiger partial charge is 0.255 e. The maximum atomic E-state index is 15.0. The summed E-state index contributed by atoms with van der Waals surface area (Å²) < 4.78 is 59.6. The lowest BCUT2D eigenvalue weighted by atomic mass is 10.1. The van der Waals surface area contributed by atoms with Crippen LogP contribution in [0.3, 0.4) is 0 Å². The Hall–Kier alpha value is -1.01. The normalized spacial score (nSPS) is 21.2. The number of thioether (sulfide) groups is 1. The summed E-state index contributed by atoms with van der Waals surface area (Å²) in [6.45, 7) is 0.408. The third kappa shape index (κ3) is 4.91. The second-order valence-electron chi connectivity index (χ2n) is 7.49. The van der Waals surface area contributed by atoms with E-state index in [-0.39, 0.29) is 50.0 Å². The zero-order chi connectivity index (χ0) is 22.8. The molecule has 4 rings (SSSR count). The van der Waals surface area contributed by atoms with E-state index < -0.39 is 24.8 Å². The van der Waals surface area contributed by atoms with Crippen LogP contribution in [0.2, 0.25) is 5.02 Å². The molecule has 1 fully saturated rings. The second kappa shape index (κ2) is 10.5. The first-order valence-electron chi connectivity index (χ1n) is 10.2. The molecule has 176 valence electrons. The van der Waals surface area contributed by atoms with Crippen molar-refractivity contribution >= 4 is 56.0 Å². The van der Waals surface area contributed by atoms with Crippen LogP contribution in [-0.2, 0) is 9.47 Å². The van der Waals surface area contributed by atoms with Crippen molar-refractivity contribution in [3.8, 4) is 5.75 Å². The van der Waals surface area contributed by atoms with Gasteiger partial charge in [0.05, 0.1) is 29.1 Å². The number of alkyl halides is 2. The number of nitrogens with zero attached hydrogens (tertiary/aromatic N) is 3. The van der Waals surface area contributed by atoms with E-state index in [0.717, 1.165) is 19.3 Å². The number of ether oxygens (including phenoxy) is 3. The van der Waals surface area contributed by atoms with E-state index in [4.69, 9.17) is 25.8 Å². The molecule has 6 nitrogen and oxygen atoms in total. The minimum absolute atomic E-state index is 0.00927. The molecule has 0 N–H and O–H groups in total. The topological polar surface area (TPSA) is 56.7 Å². The van der Waals surface area contributed by atoms with E-state index in [1.165, 1.54) is 16.7 Å². The minimum Gasteiger partial charge on any atom is -0.489 e. The van der Waals surface area contributed by atoms with Crippen molar-refractivity contribution in [1.29, 1.82) is 0 Å². The van der Waals surface area contributed by atoms with Gasteiger partial charge in [0, 0.05) is 6.61 Å². The molecule has 2 atom stereocenters. The van der Waals surface area contributed by atoms with Crippen LogP contribution in [0.1, 0.15) is 25.7 Å². The standard InChI is InChI=1S/C20H22BrClF3N3O3S/c1-32-20-26-17-13-18(15(22)14(21)16(17)25)31-9-10(28(8-11(23)24)19(13)27-20)5-7-30-12-4-2-3-6-29-12/h10-12H,2-9H2,1H3. The van der Waals surface area contributed by atoms with E-state index >= 15 is 4.39 Å². The number of hydrogen-bond acceptors (Lipinski definition) is 7. The van der Waals surface area contributed by atoms with Gasteiger partial charge in [-0.3, -0.25) is 0 Å². The van der Waals surface area contributed by atoms with Gasteiger partial charge >= 0.3 is 0 Å². The molecule has 0 aliphatic carbocycles. The van der Waals surface area contributed by atoms with E-state index in [1.807, 2.05) is 0 Å². The predicted octanol–water partition coefficient (Wildman–Crippen LogP) is 5.67. The number of halogens is 5. The lowest BCUT2D eigenvalue weighted by Gasteiger charge is -2.31. The van der Waals surface area contributed by atoms with Crippen LogP contribution in [0.4, 0.5) is 19.0 Å². The highest BCUT2D eigenvalue weighted by molar-refractivity contribution is 9.10. The molecule has 2 aliphatic rings. The first-order chi connectivity index (χ1) is 15.4. The lowest BCUT2D eigenvalue weighted by molar-refractivity contribution is -0.163. The van der Waals surface area contributed by atoms with Crippen LogP contribution in [0.5, 0.6) is 5.75 Å². The molecule has 0 radical (unpaired) electrons. The lowest BCUT2D eigenvalue weighted by Crippen LogP contribution is -2.43. The van der Waals surface area contributed by atoms with E-state index in [0.29, 0.717) is 19.6 Å². The van der Waals surface area contributed by atoms with Gasteiger partial charge in [-0.1, -0.05) is 23.4 Å². The zero-order valence-corrected chi connectivity index (χ0v) is 20.4. The van der Waals surface area contributed by atoms with Crippen LogP contribution in [0.15, 0.2) is 9.63 Å². The number of anilines is 1. The molecule has 0 spiro atoms. The molecule has 2 unspecified atom stereocenters. The zero-order valence-electron chi connectivity index (χ0n) is 17.3. The summed E-state index contributed by atoms with van der Waals surface area (Å²) in [6.07, 6.45) is 2.04. The van der Waals surface area contributed by atoms with Gasteiger partial charge in [-0.15, -0.1) is 0 Å². The number of rotatable bonds is 7. The molecular weight excluding hydrogens is 535 g/mol. The molecule has 0 saturated carbocycles. The van der Waals surface area contributed by atoms with Gasteiger partial charge in [0.1, 0.15) is 23.0 Å². The molecule has 1 aromatic carbocycles. The molecule has 0 amide bonds. The Kier molecular flexibility index (Phi) is 7.92. The third-order valence-corrected chi connectivity index (χ3v) is 7.31. The molecular formula is C20H22BrClF3N3O3S. The van der Waals surface area contributed by atoms with Gasteiger partial charge in [0.15, 0.2) is 23.0 Å². The summed E-state index contributed by atoms with van der Waals surface area (Å²) in [5, 5.41) is 0.466. The van der Waals surface area contributed by atoms with Crippen molar-refractivity contribution < 1.29 is 27.4 Å². The Balaban J connectivity index is 1.71. The number of hydrogen-bond donors (Lipinski definition) is 0. The van der Waals surface area contributed by atoms with Crippen molar-refractivity contribution in [2.75, 3.05) is 37.5 Å². The van der Waals surface area contributed by atoms with Crippen molar-refractivity contribution in [1.82, 2.24) is 9.97 Å². The van der Waals surface area contributed by atoms with E-state index in [9.17, 15) is 8.78 Å². The number of aromatic nitrogens is 2. The van der Waals surface area contributed by atoms with Gasteiger partial charge in [-0.05, 0) is 47.9 Å². The minimum atomic E-state index is -2.64. The summed E-state index contributed by atoms with van der Waals surface area (Å²) in [7, 11) is 0. The Labute approximate surface area is 201 Å². The van der Waals surface area contributed by atoms with Crippen molar-refractivity contribution in [3.05, 3.63) is 15.3 Å². The summed E-state index contributed by atoms with van der Waals surface area (Å²) in [5.41, 5.74) is -0.0302. The van der Waals surface area contributed by atoms with Gasteiger partial charge in [-0.25, -0.2) is 23.1 Å². The first kappa shape index (κ1) is 24.1. The second-order valence-corrected chi connectivity index (χ2v) is 9.44. The summed E-state index contributed by atoms with van der Waals surface area (Å²) in [6, 6.07) is -0.495. The monoisotopic (exact) mass is 555 g/mol. The molecule has 32 heavy (non-hydrogen) atoms. The summed E-state index contributed by atoms with van der Waals surface area (Å²) >= 11 is 10.7. The van der Waals surface area contributed by atoms with Crippen LogP contribution < -0.4 is 9.64 Å². The summed E-state index contributed by atoms with van der Waals surface area (Å²) in [4.78, 5) is 10.2. The molecule has 2 aromatic rings. The van der Waals surface area contributed by atoms with Crippen LogP contribution in [-0.4, -0.2) is 61.3 Å². The van der Waals surface area contributed by atoms with E-state index in [1.54, 1.807) is 6.26 Å². The highest BCUT2D eigenvalue weighted by Gasteiger charge is 2.34. The van der Waals surface area contributed by atoms with Crippen molar-refractivity contribution in [3.63, 3.8) is 0 Å². The van der Waals surface area contributed by atoms with E-state index in [2.05, 4.69) is 25.9 Å². The Bertz CT molecular complexity index is 984. The Morgan fingerprint density at radius 3 is 2.84 bits per heavy atom.